The van der Waals surface area contributed by atoms with E-state index in [0.717, 1.165) is 36.3 Å². The van der Waals surface area contributed by atoms with Gasteiger partial charge in [0.25, 0.3) is 0 Å². The molecule has 0 aliphatic rings. The molecule has 0 saturated carbocycles. The van der Waals surface area contributed by atoms with Gasteiger partial charge in [0.1, 0.15) is 6.61 Å². The van der Waals surface area contributed by atoms with Crippen LogP contribution < -0.4 is 0 Å². The Morgan fingerprint density at radius 1 is 0.970 bits per heavy atom. The fraction of sp³-hybridized carbons (Fsp3) is 0.321. The Labute approximate surface area is 201 Å². The van der Waals surface area contributed by atoms with Crippen LogP contribution in [0.2, 0.25) is 0 Å². The van der Waals surface area contributed by atoms with Crippen molar-refractivity contribution in [3.8, 4) is 23.7 Å². The summed E-state index contributed by atoms with van der Waals surface area (Å²) >= 11 is 1.63. The van der Waals surface area contributed by atoms with Crippen LogP contribution in [-0.2, 0) is 19.0 Å². The minimum Gasteiger partial charge on any atom is -0.442 e. The second kappa shape index (κ2) is 16.6. The van der Waals surface area contributed by atoms with Crippen LogP contribution in [0.25, 0.3) is 6.08 Å². The molecule has 0 fully saturated rings. The van der Waals surface area contributed by atoms with Gasteiger partial charge < -0.3 is 14.2 Å². The first-order valence-electron chi connectivity index (χ1n) is 10.8. The molecule has 1 unspecified atom stereocenters. The SMILES string of the molecule is COCCCCC#C/C(=C\c1ccccc1)C(C#CCSc1ccccc1)OC(=O)COC. The molecular formula is C28H30O4S. The number of unbranched alkanes of at least 4 members (excludes halogenated alkanes) is 2. The van der Waals surface area contributed by atoms with Gasteiger partial charge in [0.05, 0.1) is 11.3 Å². The van der Waals surface area contributed by atoms with Crippen LogP contribution >= 0.6 is 11.8 Å². The van der Waals surface area contributed by atoms with Gasteiger partial charge in [-0.3, -0.25) is 0 Å². The molecule has 0 aliphatic carbocycles. The summed E-state index contributed by atoms with van der Waals surface area (Å²) in [6.07, 6.45) is 3.77. The lowest BCUT2D eigenvalue weighted by Crippen LogP contribution is -2.21. The lowest BCUT2D eigenvalue weighted by Gasteiger charge is -2.13. The van der Waals surface area contributed by atoms with Crippen LogP contribution in [0.5, 0.6) is 0 Å². The van der Waals surface area contributed by atoms with Gasteiger partial charge in [0, 0.05) is 32.1 Å². The number of rotatable bonds is 11. The van der Waals surface area contributed by atoms with Crippen molar-refractivity contribution in [1.82, 2.24) is 0 Å². The molecule has 1 atom stereocenters. The number of thioether (sulfide) groups is 1. The Hall–Kier alpha value is -2.96. The molecule has 0 heterocycles. The van der Waals surface area contributed by atoms with Crippen molar-refractivity contribution < 1.29 is 19.0 Å². The summed E-state index contributed by atoms with van der Waals surface area (Å²) in [5.74, 6) is 12.7. The van der Waals surface area contributed by atoms with Gasteiger partial charge in [-0.25, -0.2) is 4.79 Å². The van der Waals surface area contributed by atoms with E-state index in [-0.39, 0.29) is 6.61 Å². The van der Waals surface area contributed by atoms with Crippen LogP contribution in [0.3, 0.4) is 0 Å². The Balaban J connectivity index is 2.23. The predicted octanol–water partition coefficient (Wildman–Crippen LogP) is 5.24. The third-order valence-corrected chi connectivity index (χ3v) is 5.23. The topological polar surface area (TPSA) is 44.8 Å². The van der Waals surface area contributed by atoms with E-state index in [9.17, 15) is 4.79 Å². The van der Waals surface area contributed by atoms with Crippen molar-refractivity contribution >= 4 is 23.8 Å². The number of hydrogen-bond donors (Lipinski definition) is 0. The Bertz CT molecular complexity index is 979. The largest absolute Gasteiger partial charge is 0.442 e. The molecule has 172 valence electrons. The zero-order chi connectivity index (χ0) is 23.6. The summed E-state index contributed by atoms with van der Waals surface area (Å²) in [4.78, 5) is 13.3. The van der Waals surface area contributed by atoms with E-state index < -0.39 is 12.1 Å². The molecule has 0 N–H and O–H groups in total. The van der Waals surface area contributed by atoms with Crippen LogP contribution in [-0.4, -0.2) is 45.3 Å². The molecule has 5 heteroatoms. The summed E-state index contributed by atoms with van der Waals surface area (Å²) in [5, 5.41) is 0. The molecule has 2 rings (SSSR count). The number of esters is 1. The lowest BCUT2D eigenvalue weighted by atomic mass is 10.1. The number of carbonyl (C=O) groups is 1. The van der Waals surface area contributed by atoms with Crippen LogP contribution in [0, 0.1) is 23.7 Å². The monoisotopic (exact) mass is 462 g/mol. The second-order valence-corrected chi connectivity index (χ2v) is 8.04. The standard InChI is InChI=1S/C28H30O4S/c1-30-20-12-4-3-9-16-25(22-24-14-7-5-8-15-24)27(32-28(29)23-31-2)19-13-21-33-26-17-10-6-11-18-26/h5-8,10-11,14-15,17-18,22,27H,3-4,12,20-21,23H2,1-2H3/b25-22+. The third kappa shape index (κ3) is 11.5. The van der Waals surface area contributed by atoms with Gasteiger partial charge in [-0.05, 0) is 36.6 Å². The van der Waals surface area contributed by atoms with E-state index in [0.29, 0.717) is 11.3 Å². The molecule has 2 aromatic carbocycles. The molecule has 0 aliphatic heterocycles. The smallest absolute Gasteiger partial charge is 0.333 e. The summed E-state index contributed by atoms with van der Waals surface area (Å²) in [5.41, 5.74) is 1.61. The van der Waals surface area contributed by atoms with Crippen molar-refractivity contribution in [2.75, 3.05) is 33.2 Å². The fourth-order valence-electron chi connectivity index (χ4n) is 2.76. The normalized spacial score (nSPS) is 11.5. The molecular weight excluding hydrogens is 432 g/mol. The summed E-state index contributed by atoms with van der Waals surface area (Å²) < 4.78 is 15.7. The highest BCUT2D eigenvalue weighted by Gasteiger charge is 2.16. The Kier molecular flexibility index (Phi) is 13.3. The molecule has 0 radical (unpaired) electrons. The number of carbonyl (C=O) groups excluding carboxylic acids is 1. The van der Waals surface area contributed by atoms with Crippen molar-refractivity contribution in [3.63, 3.8) is 0 Å². The van der Waals surface area contributed by atoms with Crippen LogP contribution in [0.1, 0.15) is 24.8 Å². The molecule has 2 aromatic rings. The molecule has 0 aromatic heterocycles. The maximum absolute atomic E-state index is 12.2. The minimum atomic E-state index is -0.768. The molecule has 0 spiro atoms. The zero-order valence-corrected chi connectivity index (χ0v) is 20.0. The number of hydrogen-bond acceptors (Lipinski definition) is 5. The highest BCUT2D eigenvalue weighted by molar-refractivity contribution is 7.99. The Morgan fingerprint density at radius 3 is 2.39 bits per heavy atom. The average Bonchev–Trinajstić information content (AvgIpc) is 2.84. The van der Waals surface area contributed by atoms with E-state index in [1.807, 2.05) is 66.7 Å². The number of benzene rings is 2. The van der Waals surface area contributed by atoms with Gasteiger partial charge in [-0.15, -0.1) is 11.8 Å². The van der Waals surface area contributed by atoms with E-state index >= 15 is 0 Å². The quantitative estimate of drug-likeness (QED) is 0.198. The average molecular weight is 463 g/mol. The van der Waals surface area contributed by atoms with Crippen molar-refractivity contribution in [2.45, 2.75) is 30.3 Å². The highest BCUT2D eigenvalue weighted by atomic mass is 32.2. The maximum atomic E-state index is 12.2. The lowest BCUT2D eigenvalue weighted by molar-refractivity contribution is -0.149. The number of methoxy groups -OCH3 is 2. The van der Waals surface area contributed by atoms with E-state index in [4.69, 9.17) is 14.2 Å². The molecule has 4 nitrogen and oxygen atoms in total. The summed E-state index contributed by atoms with van der Waals surface area (Å²) in [7, 11) is 3.15. The fourth-order valence-corrected chi connectivity index (χ4v) is 3.43. The molecule has 33 heavy (non-hydrogen) atoms. The van der Waals surface area contributed by atoms with Crippen molar-refractivity contribution in [3.05, 3.63) is 71.8 Å². The van der Waals surface area contributed by atoms with Gasteiger partial charge in [-0.1, -0.05) is 72.2 Å². The van der Waals surface area contributed by atoms with Crippen LogP contribution in [0.15, 0.2) is 71.1 Å². The molecule has 0 amide bonds. The van der Waals surface area contributed by atoms with E-state index in [1.54, 1.807) is 18.9 Å². The second-order valence-electron chi connectivity index (χ2n) is 6.99. The molecule has 0 bridgehead atoms. The van der Waals surface area contributed by atoms with E-state index in [2.05, 4.69) is 23.7 Å². The van der Waals surface area contributed by atoms with Crippen molar-refractivity contribution in [2.24, 2.45) is 0 Å². The highest BCUT2D eigenvalue weighted by Crippen LogP contribution is 2.17. The maximum Gasteiger partial charge on any atom is 0.333 e. The third-order valence-electron chi connectivity index (χ3n) is 4.34. The zero-order valence-electron chi connectivity index (χ0n) is 19.2. The van der Waals surface area contributed by atoms with E-state index in [1.165, 1.54) is 7.11 Å². The summed E-state index contributed by atoms with van der Waals surface area (Å²) in [6, 6.07) is 19.9. The first-order chi connectivity index (χ1) is 16.2. The summed E-state index contributed by atoms with van der Waals surface area (Å²) in [6.45, 7) is 0.580. The van der Waals surface area contributed by atoms with Crippen LogP contribution in [0.4, 0.5) is 0 Å². The number of ether oxygens (including phenoxy) is 3. The van der Waals surface area contributed by atoms with Crippen molar-refractivity contribution in [1.29, 1.82) is 0 Å². The predicted molar refractivity (Wildman–Crippen MR) is 135 cm³/mol. The van der Waals surface area contributed by atoms with Gasteiger partial charge >= 0.3 is 5.97 Å². The van der Waals surface area contributed by atoms with Gasteiger partial charge in [0.2, 0.25) is 0 Å². The first kappa shape index (κ1) is 26.3. The Morgan fingerprint density at radius 2 is 1.70 bits per heavy atom. The first-order valence-corrected chi connectivity index (χ1v) is 11.8. The van der Waals surface area contributed by atoms with Gasteiger partial charge in [-0.2, -0.15) is 0 Å². The van der Waals surface area contributed by atoms with Gasteiger partial charge in [0.15, 0.2) is 6.10 Å². The minimum absolute atomic E-state index is 0.139. The molecule has 0 saturated heterocycles.